The zero-order valence-electron chi connectivity index (χ0n) is 16.5. The van der Waals surface area contributed by atoms with Crippen LogP contribution in [0.1, 0.15) is 48.4 Å². The van der Waals surface area contributed by atoms with E-state index in [9.17, 15) is 4.79 Å². The molecule has 0 amide bonds. The molecule has 0 radical (unpaired) electrons. The quantitative estimate of drug-likeness (QED) is 0.852. The van der Waals surface area contributed by atoms with Gasteiger partial charge in [-0.3, -0.25) is 14.6 Å². The van der Waals surface area contributed by atoms with Gasteiger partial charge in [0, 0.05) is 44.2 Å². The van der Waals surface area contributed by atoms with Crippen molar-refractivity contribution in [2.24, 2.45) is 0 Å². The lowest BCUT2D eigenvalue weighted by Gasteiger charge is -2.36. The van der Waals surface area contributed by atoms with Crippen molar-refractivity contribution in [2.75, 3.05) is 39.3 Å². The summed E-state index contributed by atoms with van der Waals surface area (Å²) >= 11 is 1.74. The molecule has 2 saturated heterocycles. The molecule has 5 rings (SSSR count). The summed E-state index contributed by atoms with van der Waals surface area (Å²) < 4.78 is 5.89. The number of rotatable bonds is 4. The van der Waals surface area contributed by atoms with Gasteiger partial charge in [-0.1, -0.05) is 0 Å². The number of aromatic nitrogens is 2. The van der Waals surface area contributed by atoms with Crippen molar-refractivity contribution in [2.45, 2.75) is 57.6 Å². The monoisotopic (exact) mass is 402 g/mol. The predicted molar refractivity (Wildman–Crippen MR) is 112 cm³/mol. The summed E-state index contributed by atoms with van der Waals surface area (Å²) in [6.07, 6.45) is 8.72. The van der Waals surface area contributed by atoms with Gasteiger partial charge in [0.2, 0.25) is 0 Å². The Kier molecular flexibility index (Phi) is 5.50. The van der Waals surface area contributed by atoms with Crippen molar-refractivity contribution >= 4 is 21.6 Å². The van der Waals surface area contributed by atoms with Crippen LogP contribution in [0.3, 0.4) is 0 Å². The molecule has 2 aromatic rings. The molecule has 4 heterocycles. The number of hydrogen-bond donors (Lipinski definition) is 1. The Morgan fingerprint density at radius 3 is 2.71 bits per heavy atom. The highest BCUT2D eigenvalue weighted by atomic mass is 32.1. The number of thiophene rings is 1. The molecule has 1 atom stereocenters. The van der Waals surface area contributed by atoms with E-state index < -0.39 is 0 Å². The van der Waals surface area contributed by atoms with Crippen molar-refractivity contribution in [3.8, 4) is 0 Å². The molecule has 0 saturated carbocycles. The molecular weight excluding hydrogens is 372 g/mol. The molecule has 0 bridgehead atoms. The zero-order chi connectivity index (χ0) is 18.9. The number of piperazine rings is 1. The SMILES string of the molecule is O=c1[nH]c(CN2CCN(C[C@H]3CCCCO3)CC2)nc2sc3c(c12)CCCC3. The molecular formula is C21H30N4O2S. The normalized spacial score (nSPS) is 24.5. The number of ether oxygens (including phenoxy) is 1. The lowest BCUT2D eigenvalue weighted by atomic mass is 9.97. The number of aryl methyl sites for hydroxylation is 2. The van der Waals surface area contributed by atoms with Crippen LogP contribution in [0.2, 0.25) is 0 Å². The molecule has 152 valence electrons. The van der Waals surface area contributed by atoms with Gasteiger partial charge in [-0.2, -0.15) is 0 Å². The van der Waals surface area contributed by atoms with Gasteiger partial charge in [-0.25, -0.2) is 4.98 Å². The summed E-state index contributed by atoms with van der Waals surface area (Å²) in [4.78, 5) is 27.9. The number of nitrogens with one attached hydrogen (secondary N) is 1. The molecule has 7 heteroatoms. The van der Waals surface area contributed by atoms with Gasteiger partial charge < -0.3 is 9.72 Å². The summed E-state index contributed by atoms with van der Waals surface area (Å²) in [6, 6.07) is 0. The van der Waals surface area contributed by atoms with Crippen LogP contribution in [0.15, 0.2) is 4.79 Å². The van der Waals surface area contributed by atoms with E-state index in [0.29, 0.717) is 6.10 Å². The molecule has 0 unspecified atom stereocenters. The highest BCUT2D eigenvalue weighted by molar-refractivity contribution is 7.18. The molecule has 28 heavy (non-hydrogen) atoms. The number of hydrogen-bond acceptors (Lipinski definition) is 6. The van der Waals surface area contributed by atoms with Crippen LogP contribution >= 0.6 is 11.3 Å². The maximum absolute atomic E-state index is 12.7. The van der Waals surface area contributed by atoms with Gasteiger partial charge in [0.05, 0.1) is 18.0 Å². The molecule has 2 aromatic heterocycles. The van der Waals surface area contributed by atoms with Gasteiger partial charge in [-0.15, -0.1) is 11.3 Å². The molecule has 6 nitrogen and oxygen atoms in total. The fourth-order valence-electron chi connectivity index (χ4n) is 4.86. The van der Waals surface area contributed by atoms with Crippen LogP contribution in [0, 0.1) is 0 Å². The number of nitrogens with zero attached hydrogens (tertiary/aromatic N) is 3. The van der Waals surface area contributed by atoms with E-state index in [4.69, 9.17) is 9.72 Å². The van der Waals surface area contributed by atoms with E-state index in [2.05, 4.69) is 14.8 Å². The average Bonchev–Trinajstić information content (AvgIpc) is 3.09. The molecule has 1 aliphatic carbocycles. The van der Waals surface area contributed by atoms with Crippen LogP contribution in [0.5, 0.6) is 0 Å². The van der Waals surface area contributed by atoms with Gasteiger partial charge >= 0.3 is 0 Å². The van der Waals surface area contributed by atoms with Gasteiger partial charge in [-0.05, 0) is 50.5 Å². The summed E-state index contributed by atoms with van der Waals surface area (Å²) in [6.45, 7) is 6.92. The summed E-state index contributed by atoms with van der Waals surface area (Å²) in [7, 11) is 0. The second-order valence-corrected chi connectivity index (χ2v) is 9.55. The third-order valence-corrected chi connectivity index (χ3v) is 7.63. The Morgan fingerprint density at radius 2 is 1.89 bits per heavy atom. The Balaban J connectivity index is 1.22. The minimum Gasteiger partial charge on any atom is -0.377 e. The third-order valence-electron chi connectivity index (χ3n) is 6.45. The maximum atomic E-state index is 12.7. The first-order valence-electron chi connectivity index (χ1n) is 10.9. The molecule has 1 N–H and O–H groups in total. The van der Waals surface area contributed by atoms with Crippen molar-refractivity contribution in [3.63, 3.8) is 0 Å². The Bertz CT molecular complexity index is 878. The van der Waals surface area contributed by atoms with E-state index in [1.807, 2.05) is 0 Å². The minimum atomic E-state index is 0.0625. The molecule has 2 aliphatic heterocycles. The van der Waals surface area contributed by atoms with E-state index in [1.165, 1.54) is 42.5 Å². The summed E-state index contributed by atoms with van der Waals surface area (Å²) in [5.41, 5.74) is 1.33. The molecule has 3 aliphatic rings. The maximum Gasteiger partial charge on any atom is 0.259 e. The van der Waals surface area contributed by atoms with Crippen LogP contribution in [0.25, 0.3) is 10.2 Å². The smallest absolute Gasteiger partial charge is 0.259 e. The molecule has 2 fully saturated rings. The number of H-pyrrole nitrogens is 1. The Labute approximate surface area is 169 Å². The first-order valence-corrected chi connectivity index (χ1v) is 11.7. The highest BCUT2D eigenvalue weighted by Crippen LogP contribution is 2.33. The van der Waals surface area contributed by atoms with Crippen molar-refractivity contribution in [3.05, 3.63) is 26.6 Å². The lowest BCUT2D eigenvalue weighted by Crippen LogP contribution is -2.49. The number of fused-ring (bicyclic) bond motifs is 3. The second kappa shape index (κ2) is 8.22. The average molecular weight is 403 g/mol. The zero-order valence-corrected chi connectivity index (χ0v) is 17.4. The van der Waals surface area contributed by atoms with Gasteiger partial charge in [0.15, 0.2) is 0 Å². The van der Waals surface area contributed by atoms with Crippen molar-refractivity contribution < 1.29 is 4.74 Å². The van der Waals surface area contributed by atoms with Crippen LogP contribution in [-0.4, -0.2) is 65.2 Å². The first kappa shape index (κ1) is 18.7. The summed E-state index contributed by atoms with van der Waals surface area (Å²) in [5, 5.41) is 0.862. The topological polar surface area (TPSA) is 61.5 Å². The Morgan fingerprint density at radius 1 is 1.07 bits per heavy atom. The minimum absolute atomic E-state index is 0.0625. The second-order valence-electron chi connectivity index (χ2n) is 8.47. The van der Waals surface area contributed by atoms with Crippen LogP contribution in [-0.2, 0) is 24.1 Å². The van der Waals surface area contributed by atoms with E-state index >= 15 is 0 Å². The predicted octanol–water partition coefficient (Wildman–Crippen LogP) is 2.55. The van der Waals surface area contributed by atoms with Gasteiger partial charge in [0.25, 0.3) is 5.56 Å². The van der Waals surface area contributed by atoms with E-state index in [-0.39, 0.29) is 5.56 Å². The van der Waals surface area contributed by atoms with Gasteiger partial charge in [0.1, 0.15) is 10.7 Å². The summed E-state index contributed by atoms with van der Waals surface area (Å²) in [5.74, 6) is 0.820. The lowest BCUT2D eigenvalue weighted by molar-refractivity contribution is -0.0147. The van der Waals surface area contributed by atoms with E-state index in [0.717, 1.165) is 74.8 Å². The van der Waals surface area contributed by atoms with Crippen molar-refractivity contribution in [1.82, 2.24) is 19.8 Å². The standard InChI is InChI=1S/C21H30N4O2S/c26-20-19-16-6-1-2-7-17(16)28-21(19)23-18(22-20)14-25-10-8-24(9-11-25)13-15-5-3-4-12-27-15/h15H,1-14H2,(H,22,23,26)/t15-/m1/s1. The third kappa shape index (κ3) is 3.90. The fourth-order valence-corrected chi connectivity index (χ4v) is 6.15. The van der Waals surface area contributed by atoms with E-state index in [1.54, 1.807) is 11.3 Å². The first-order chi connectivity index (χ1) is 13.8. The van der Waals surface area contributed by atoms with Crippen LogP contribution < -0.4 is 5.56 Å². The highest BCUT2D eigenvalue weighted by Gasteiger charge is 2.23. The van der Waals surface area contributed by atoms with Crippen LogP contribution in [0.4, 0.5) is 0 Å². The molecule has 0 aromatic carbocycles. The van der Waals surface area contributed by atoms with Crippen molar-refractivity contribution in [1.29, 1.82) is 0 Å². The number of aromatic amines is 1. The largest absolute Gasteiger partial charge is 0.377 e. The Hall–Kier alpha value is -1.28. The fraction of sp³-hybridized carbons (Fsp3) is 0.714. The molecule has 0 spiro atoms.